The van der Waals surface area contributed by atoms with Crippen molar-refractivity contribution in [3.05, 3.63) is 66.0 Å². The van der Waals surface area contributed by atoms with Crippen molar-refractivity contribution in [3.8, 4) is 0 Å². The molecule has 1 aromatic rings. The lowest BCUT2D eigenvalue weighted by atomic mass is 10.1. The van der Waals surface area contributed by atoms with Gasteiger partial charge in [0.2, 0.25) is 5.91 Å². The summed E-state index contributed by atoms with van der Waals surface area (Å²) in [4.78, 5) is 26.9. The molecule has 0 radical (unpaired) electrons. The minimum Gasteiger partial charge on any atom is -0.478 e. The summed E-state index contributed by atoms with van der Waals surface area (Å²) in [5, 5.41) is 12.0. The first-order valence-corrected chi connectivity index (χ1v) is 11.5. The third-order valence-electron chi connectivity index (χ3n) is 4.91. The highest BCUT2D eigenvalue weighted by Gasteiger charge is 2.09. The molecule has 1 aromatic heterocycles. The highest BCUT2D eigenvalue weighted by Crippen LogP contribution is 2.09. The van der Waals surface area contributed by atoms with E-state index >= 15 is 0 Å². The van der Waals surface area contributed by atoms with Gasteiger partial charge in [-0.1, -0.05) is 62.6 Å². The van der Waals surface area contributed by atoms with Crippen LogP contribution in [-0.2, 0) is 11.2 Å². The van der Waals surface area contributed by atoms with Crippen molar-refractivity contribution in [2.24, 2.45) is 0 Å². The molecule has 2 N–H and O–H groups in total. The predicted molar refractivity (Wildman–Crippen MR) is 127 cm³/mol. The van der Waals surface area contributed by atoms with Gasteiger partial charge < -0.3 is 10.4 Å². The average Bonchev–Trinajstić information content (AvgIpc) is 2.76. The lowest BCUT2D eigenvalue weighted by molar-refractivity contribution is -0.121. The van der Waals surface area contributed by atoms with Crippen LogP contribution < -0.4 is 5.32 Å². The van der Waals surface area contributed by atoms with E-state index in [4.69, 9.17) is 5.11 Å². The number of aromatic carboxylic acids is 1. The van der Waals surface area contributed by atoms with Crippen molar-refractivity contribution in [1.82, 2.24) is 10.3 Å². The summed E-state index contributed by atoms with van der Waals surface area (Å²) in [5.74, 6) is -0.954. The molecule has 0 saturated heterocycles. The summed E-state index contributed by atoms with van der Waals surface area (Å²) in [7, 11) is 0. The van der Waals surface area contributed by atoms with Gasteiger partial charge in [-0.2, -0.15) is 0 Å². The number of carboxylic acid groups (broad SMARTS) is 1. The van der Waals surface area contributed by atoms with Gasteiger partial charge >= 0.3 is 5.97 Å². The van der Waals surface area contributed by atoms with Gasteiger partial charge in [0.1, 0.15) is 0 Å². The lowest BCUT2D eigenvalue weighted by Crippen LogP contribution is -2.25. The van der Waals surface area contributed by atoms with Crippen LogP contribution in [0.4, 0.5) is 0 Å². The number of unbranched alkanes of at least 4 members (excludes halogenated alkanes) is 5. The van der Waals surface area contributed by atoms with Gasteiger partial charge in [-0.15, -0.1) is 0 Å². The van der Waals surface area contributed by atoms with Gasteiger partial charge in [0.25, 0.3) is 0 Å². The number of rotatable bonds is 17. The van der Waals surface area contributed by atoms with Gasteiger partial charge in [-0.05, 0) is 56.6 Å². The Morgan fingerprint density at radius 1 is 0.968 bits per heavy atom. The second-order valence-electron chi connectivity index (χ2n) is 7.54. The Hall–Kier alpha value is -2.69. The first kappa shape index (κ1) is 26.3. The fourth-order valence-corrected chi connectivity index (χ4v) is 3.16. The van der Waals surface area contributed by atoms with Gasteiger partial charge in [0.15, 0.2) is 0 Å². The van der Waals surface area contributed by atoms with Gasteiger partial charge in [0, 0.05) is 25.4 Å². The molecule has 0 atom stereocenters. The molecule has 0 aliphatic carbocycles. The van der Waals surface area contributed by atoms with Crippen LogP contribution in [0.2, 0.25) is 0 Å². The molecule has 1 rings (SSSR count). The zero-order valence-corrected chi connectivity index (χ0v) is 18.9. The Morgan fingerprint density at radius 2 is 1.65 bits per heavy atom. The molecule has 170 valence electrons. The first-order valence-electron chi connectivity index (χ1n) is 11.5. The summed E-state index contributed by atoms with van der Waals surface area (Å²) in [6, 6.07) is 1.69. The van der Waals surface area contributed by atoms with Crippen LogP contribution in [0.15, 0.2) is 54.9 Å². The predicted octanol–water partition coefficient (Wildman–Crippen LogP) is 6.03. The minimum absolute atomic E-state index is 0.0344. The SMILES string of the molecule is CCC=CCC=CCC=CCCCCCCCC(=O)NCCc1ccncc1C(=O)O. The van der Waals surface area contributed by atoms with Crippen LogP contribution >= 0.6 is 0 Å². The Labute approximate surface area is 187 Å². The van der Waals surface area contributed by atoms with E-state index in [2.05, 4.69) is 53.7 Å². The Morgan fingerprint density at radius 3 is 2.39 bits per heavy atom. The van der Waals surface area contributed by atoms with Gasteiger partial charge in [-0.3, -0.25) is 9.78 Å². The number of nitrogens with zero attached hydrogens (tertiary/aromatic N) is 1. The normalized spacial score (nSPS) is 11.6. The number of aromatic nitrogens is 1. The van der Waals surface area contributed by atoms with Crippen LogP contribution in [0.25, 0.3) is 0 Å². The maximum absolute atomic E-state index is 11.9. The largest absolute Gasteiger partial charge is 0.478 e. The van der Waals surface area contributed by atoms with E-state index in [0.717, 1.165) is 44.9 Å². The number of pyridine rings is 1. The molecule has 0 fully saturated rings. The third-order valence-corrected chi connectivity index (χ3v) is 4.91. The smallest absolute Gasteiger partial charge is 0.337 e. The van der Waals surface area contributed by atoms with E-state index in [-0.39, 0.29) is 11.5 Å². The summed E-state index contributed by atoms with van der Waals surface area (Å²) in [5.41, 5.74) is 0.889. The zero-order valence-electron chi connectivity index (χ0n) is 18.9. The number of amides is 1. The van der Waals surface area contributed by atoms with Crippen molar-refractivity contribution < 1.29 is 14.7 Å². The molecule has 1 heterocycles. The molecule has 0 unspecified atom stereocenters. The fourth-order valence-electron chi connectivity index (χ4n) is 3.16. The second kappa shape index (κ2) is 18.1. The highest BCUT2D eigenvalue weighted by molar-refractivity contribution is 5.88. The monoisotopic (exact) mass is 426 g/mol. The van der Waals surface area contributed by atoms with E-state index in [1.807, 2.05) is 0 Å². The molecule has 5 nitrogen and oxygen atoms in total. The van der Waals surface area contributed by atoms with Crippen molar-refractivity contribution in [2.45, 2.75) is 77.6 Å². The second-order valence-corrected chi connectivity index (χ2v) is 7.54. The zero-order chi connectivity index (χ0) is 22.6. The number of carbonyl (C=O) groups excluding carboxylic acids is 1. The molecular formula is C26H38N2O3. The van der Waals surface area contributed by atoms with Crippen LogP contribution in [0.1, 0.15) is 87.1 Å². The van der Waals surface area contributed by atoms with Crippen LogP contribution in [0, 0.1) is 0 Å². The van der Waals surface area contributed by atoms with E-state index in [9.17, 15) is 9.59 Å². The Balaban J connectivity index is 1.97. The van der Waals surface area contributed by atoms with Crippen molar-refractivity contribution >= 4 is 11.9 Å². The topological polar surface area (TPSA) is 79.3 Å². The van der Waals surface area contributed by atoms with Crippen LogP contribution in [0.3, 0.4) is 0 Å². The third kappa shape index (κ3) is 14.0. The summed E-state index contributed by atoms with van der Waals surface area (Å²) in [6.07, 6.45) is 27.0. The Kier molecular flexibility index (Phi) is 15.4. The number of hydrogen-bond acceptors (Lipinski definition) is 3. The number of carboxylic acids is 1. The maximum atomic E-state index is 11.9. The molecule has 0 spiro atoms. The molecule has 31 heavy (non-hydrogen) atoms. The molecule has 0 aliphatic heterocycles. The average molecular weight is 427 g/mol. The number of carbonyl (C=O) groups is 2. The van der Waals surface area contributed by atoms with Gasteiger partial charge in [-0.25, -0.2) is 4.79 Å². The molecule has 0 bridgehead atoms. The van der Waals surface area contributed by atoms with Crippen molar-refractivity contribution in [2.75, 3.05) is 6.54 Å². The fraction of sp³-hybridized carbons (Fsp3) is 0.500. The summed E-state index contributed by atoms with van der Waals surface area (Å²) < 4.78 is 0. The summed E-state index contributed by atoms with van der Waals surface area (Å²) in [6.45, 7) is 2.59. The minimum atomic E-state index is -0.989. The van der Waals surface area contributed by atoms with E-state index in [1.54, 1.807) is 12.3 Å². The molecule has 0 aromatic carbocycles. The number of nitrogens with one attached hydrogen (secondary N) is 1. The molecule has 1 amide bonds. The number of allylic oxidation sites excluding steroid dienone is 6. The quantitative estimate of drug-likeness (QED) is 0.235. The standard InChI is InChI=1S/C26H38N2O3/c1-2-3-4-5-6-7-8-9-10-11-12-13-14-15-16-17-25(29)28-21-19-23-18-20-27-22-24(23)26(30)31/h3-4,6-7,9-10,18,20,22H,2,5,8,11-17,19,21H2,1H3,(H,28,29)(H,30,31). The molecule has 0 aliphatic rings. The van der Waals surface area contributed by atoms with E-state index in [1.165, 1.54) is 19.0 Å². The molecule has 5 heteroatoms. The highest BCUT2D eigenvalue weighted by atomic mass is 16.4. The van der Waals surface area contributed by atoms with Gasteiger partial charge in [0.05, 0.1) is 5.56 Å². The van der Waals surface area contributed by atoms with Crippen molar-refractivity contribution in [1.29, 1.82) is 0 Å². The van der Waals surface area contributed by atoms with E-state index < -0.39 is 5.97 Å². The lowest BCUT2D eigenvalue weighted by Gasteiger charge is -2.07. The summed E-state index contributed by atoms with van der Waals surface area (Å²) >= 11 is 0. The maximum Gasteiger partial charge on any atom is 0.337 e. The Bertz CT molecular complexity index is 723. The van der Waals surface area contributed by atoms with Crippen LogP contribution in [0.5, 0.6) is 0 Å². The van der Waals surface area contributed by atoms with Crippen LogP contribution in [-0.4, -0.2) is 28.5 Å². The number of hydrogen-bond donors (Lipinski definition) is 2. The molecule has 0 saturated carbocycles. The first-order chi connectivity index (χ1) is 15.1. The van der Waals surface area contributed by atoms with E-state index in [0.29, 0.717) is 24.9 Å². The van der Waals surface area contributed by atoms with Crippen molar-refractivity contribution in [3.63, 3.8) is 0 Å². The molecular weight excluding hydrogens is 388 g/mol.